The molecule has 4 rings (SSSR count). The van der Waals surface area contributed by atoms with Crippen molar-refractivity contribution in [1.29, 1.82) is 0 Å². The molecule has 4 aromatic carbocycles. The van der Waals surface area contributed by atoms with Crippen molar-refractivity contribution in [2.45, 2.75) is 56.3 Å². The number of nitrogens with one attached hydrogen (secondary N) is 5. The molecule has 0 aliphatic rings. The summed E-state index contributed by atoms with van der Waals surface area (Å²) < 4.78 is 0. The molecule has 0 aliphatic carbocycles. The number of carboxylic acid groups (broad SMARTS) is 1. The van der Waals surface area contributed by atoms with Gasteiger partial charge >= 0.3 is 5.97 Å². The van der Waals surface area contributed by atoms with Crippen molar-refractivity contribution in [2.24, 2.45) is 0 Å². The lowest BCUT2D eigenvalue weighted by Gasteiger charge is -2.26. The van der Waals surface area contributed by atoms with Gasteiger partial charge in [-0.25, -0.2) is 0 Å². The quantitative estimate of drug-likeness (QED) is 0.0542. The summed E-state index contributed by atoms with van der Waals surface area (Å²) >= 11 is 0. The first-order chi connectivity index (χ1) is 26.8. The summed E-state index contributed by atoms with van der Waals surface area (Å²) in [4.78, 5) is 90.6. The van der Waals surface area contributed by atoms with Gasteiger partial charge in [0.2, 0.25) is 23.6 Å². The third-order valence-corrected chi connectivity index (χ3v) is 8.70. The Morgan fingerprint density at radius 1 is 0.589 bits per heavy atom. The molecule has 0 radical (unpaired) electrons. The maximum absolute atomic E-state index is 14.1. The second kappa shape index (κ2) is 20.4. The number of nitro groups is 1. The Kier molecular flexibility index (Phi) is 15.2. The molecule has 0 unspecified atom stereocenters. The lowest BCUT2D eigenvalue weighted by molar-refractivity contribution is -0.385. The second-order valence-electron chi connectivity index (χ2n) is 12.8. The highest BCUT2D eigenvalue weighted by molar-refractivity contribution is 6.01. The number of para-hydroxylation sites is 1. The van der Waals surface area contributed by atoms with E-state index in [2.05, 4.69) is 26.6 Å². The molecule has 16 nitrogen and oxygen atoms in total. The molecule has 0 aromatic heterocycles. The number of likely N-dealkylation sites (N-methyl/N-ethyl adjacent to an activating group) is 1. The minimum absolute atomic E-state index is 0.0542. The van der Waals surface area contributed by atoms with Crippen molar-refractivity contribution in [1.82, 2.24) is 26.6 Å². The van der Waals surface area contributed by atoms with E-state index in [-0.39, 0.29) is 37.0 Å². The maximum atomic E-state index is 14.1. The van der Waals surface area contributed by atoms with Gasteiger partial charge in [0.05, 0.1) is 4.92 Å². The normalized spacial score (nSPS) is 12.8. The van der Waals surface area contributed by atoms with Crippen molar-refractivity contribution in [3.63, 3.8) is 0 Å². The number of hydrogen-bond donors (Lipinski definition) is 7. The summed E-state index contributed by atoms with van der Waals surface area (Å²) in [7, 11) is 1.39. The SMILES string of the molecule is CNC(=O)[C@H](Cc1ccccc1)NC(=O)[C@H](CCC(=O)O)NC(=O)[C@H](Cc1ccccc1)NC(=O)[C@H](Cc1ccc(O)cc1)NC(=O)c1ccccc1[N+](=O)[O-]. The molecule has 0 fully saturated rings. The molecular formula is C40H42N6O10. The summed E-state index contributed by atoms with van der Waals surface area (Å²) in [5.41, 5.74) is 1.01. The number of hydrogen-bond acceptors (Lipinski definition) is 9. The van der Waals surface area contributed by atoms with E-state index >= 15 is 0 Å². The third-order valence-electron chi connectivity index (χ3n) is 8.70. The number of amides is 5. The zero-order chi connectivity index (χ0) is 40.6. The van der Waals surface area contributed by atoms with Crippen LogP contribution in [0.3, 0.4) is 0 Å². The molecule has 56 heavy (non-hydrogen) atoms. The van der Waals surface area contributed by atoms with Gasteiger partial charge in [-0.2, -0.15) is 0 Å². The molecule has 5 amide bonds. The predicted octanol–water partition coefficient (Wildman–Crippen LogP) is 2.19. The van der Waals surface area contributed by atoms with Crippen LogP contribution in [0, 0.1) is 10.1 Å². The van der Waals surface area contributed by atoms with Crippen LogP contribution in [-0.2, 0) is 43.2 Å². The first kappa shape index (κ1) is 41.7. The summed E-state index contributed by atoms with van der Waals surface area (Å²) in [6, 6.07) is 23.0. The molecule has 0 saturated carbocycles. The van der Waals surface area contributed by atoms with Gasteiger partial charge in [0, 0.05) is 38.8 Å². The van der Waals surface area contributed by atoms with Crippen molar-refractivity contribution in [2.75, 3.05) is 7.05 Å². The molecule has 16 heteroatoms. The van der Waals surface area contributed by atoms with E-state index in [1.165, 1.54) is 49.5 Å². The average Bonchev–Trinajstić information content (AvgIpc) is 3.19. The number of aliphatic carboxylic acids is 1. The Morgan fingerprint density at radius 2 is 1.02 bits per heavy atom. The minimum Gasteiger partial charge on any atom is -0.508 e. The molecule has 0 aliphatic heterocycles. The van der Waals surface area contributed by atoms with E-state index in [4.69, 9.17) is 0 Å². The number of nitrogens with zero attached hydrogens (tertiary/aromatic N) is 1. The predicted molar refractivity (Wildman–Crippen MR) is 203 cm³/mol. The standard InChI is InChI=1S/C40H42N6O10/c1-41-37(51)31(22-25-10-4-2-5-11-25)44-38(52)30(20-21-35(48)49)42-39(53)33(23-26-12-6-3-7-13-26)45-40(54)32(24-27-16-18-28(47)19-17-27)43-36(50)29-14-8-9-15-34(29)46(55)56/h2-19,30-33,47H,20-24H2,1H3,(H,41,51)(H,42,53)(H,43,50)(H,44,52)(H,45,54)(H,48,49)/t30-,31-,32-,33-/m0/s1. The zero-order valence-corrected chi connectivity index (χ0v) is 30.3. The van der Waals surface area contributed by atoms with Crippen LogP contribution in [0.5, 0.6) is 5.75 Å². The minimum atomic E-state index is -1.46. The first-order valence-corrected chi connectivity index (χ1v) is 17.6. The van der Waals surface area contributed by atoms with Crippen LogP contribution in [0.2, 0.25) is 0 Å². The van der Waals surface area contributed by atoms with Crippen LogP contribution in [0.15, 0.2) is 109 Å². The molecular weight excluding hydrogens is 724 g/mol. The van der Waals surface area contributed by atoms with Gasteiger partial charge in [0.15, 0.2) is 0 Å². The van der Waals surface area contributed by atoms with Crippen molar-refractivity contribution >= 4 is 41.2 Å². The Balaban J connectivity index is 1.63. The summed E-state index contributed by atoms with van der Waals surface area (Å²) in [5, 5.41) is 43.7. The van der Waals surface area contributed by atoms with E-state index in [1.807, 2.05) is 0 Å². The van der Waals surface area contributed by atoms with E-state index in [9.17, 15) is 49.1 Å². The number of phenolic OH excluding ortho intramolecular Hbond substituents is 1. The lowest BCUT2D eigenvalue weighted by atomic mass is 10.0. The number of carboxylic acids is 1. The number of nitro benzene ring substituents is 1. The number of carbonyl (C=O) groups is 6. The van der Waals surface area contributed by atoms with Gasteiger partial charge in [-0.15, -0.1) is 0 Å². The molecule has 4 aromatic rings. The average molecular weight is 767 g/mol. The number of benzene rings is 4. The van der Waals surface area contributed by atoms with Crippen LogP contribution in [0.1, 0.15) is 39.9 Å². The Labute approximate surface area is 321 Å². The summed E-state index contributed by atoms with van der Waals surface area (Å²) in [5.74, 6) is -5.34. The summed E-state index contributed by atoms with van der Waals surface area (Å²) in [6.45, 7) is 0. The monoisotopic (exact) mass is 766 g/mol. The van der Waals surface area contributed by atoms with Crippen LogP contribution in [0.4, 0.5) is 5.69 Å². The number of carbonyl (C=O) groups excluding carboxylic acids is 5. The van der Waals surface area contributed by atoms with Crippen molar-refractivity contribution in [3.8, 4) is 5.75 Å². The van der Waals surface area contributed by atoms with Gasteiger partial charge in [0.25, 0.3) is 11.6 Å². The van der Waals surface area contributed by atoms with E-state index in [0.29, 0.717) is 11.1 Å². The highest BCUT2D eigenvalue weighted by Gasteiger charge is 2.33. The number of phenols is 1. The fourth-order valence-corrected chi connectivity index (χ4v) is 5.78. The summed E-state index contributed by atoms with van der Waals surface area (Å²) in [6.07, 6.45) is -1.06. The molecule has 0 bridgehead atoms. The molecule has 7 N–H and O–H groups in total. The fourth-order valence-electron chi connectivity index (χ4n) is 5.78. The van der Waals surface area contributed by atoms with Crippen LogP contribution >= 0.6 is 0 Å². The smallest absolute Gasteiger partial charge is 0.303 e. The zero-order valence-electron chi connectivity index (χ0n) is 30.3. The van der Waals surface area contributed by atoms with Crippen molar-refractivity contribution < 1.29 is 43.9 Å². The van der Waals surface area contributed by atoms with E-state index < -0.39 is 76.7 Å². The Hall–Kier alpha value is -7.10. The van der Waals surface area contributed by atoms with Crippen LogP contribution in [0.25, 0.3) is 0 Å². The molecule has 0 saturated heterocycles. The van der Waals surface area contributed by atoms with Crippen LogP contribution < -0.4 is 26.6 Å². The number of rotatable bonds is 19. The van der Waals surface area contributed by atoms with Gasteiger partial charge in [-0.05, 0) is 41.3 Å². The maximum Gasteiger partial charge on any atom is 0.303 e. The van der Waals surface area contributed by atoms with E-state index in [1.54, 1.807) is 60.7 Å². The molecule has 0 spiro atoms. The highest BCUT2D eigenvalue weighted by atomic mass is 16.6. The van der Waals surface area contributed by atoms with Gasteiger partial charge in [-0.3, -0.25) is 38.9 Å². The van der Waals surface area contributed by atoms with E-state index in [0.717, 1.165) is 11.6 Å². The number of aromatic hydroxyl groups is 1. The topological polar surface area (TPSA) is 246 Å². The van der Waals surface area contributed by atoms with Gasteiger partial charge in [0.1, 0.15) is 35.5 Å². The Morgan fingerprint density at radius 3 is 1.52 bits per heavy atom. The van der Waals surface area contributed by atoms with Gasteiger partial charge < -0.3 is 36.8 Å². The fraction of sp³-hybridized carbons (Fsp3) is 0.250. The molecule has 0 heterocycles. The van der Waals surface area contributed by atoms with Crippen LogP contribution in [-0.4, -0.2) is 81.9 Å². The molecule has 292 valence electrons. The third kappa shape index (κ3) is 12.5. The van der Waals surface area contributed by atoms with Crippen molar-refractivity contribution in [3.05, 3.63) is 142 Å². The van der Waals surface area contributed by atoms with Gasteiger partial charge in [-0.1, -0.05) is 84.9 Å². The second-order valence-corrected chi connectivity index (χ2v) is 12.8. The molecule has 4 atom stereocenters. The Bertz CT molecular complexity index is 2010. The highest BCUT2D eigenvalue weighted by Crippen LogP contribution is 2.19. The first-order valence-electron chi connectivity index (χ1n) is 17.6. The lowest BCUT2D eigenvalue weighted by Crippen LogP contribution is -2.59. The largest absolute Gasteiger partial charge is 0.508 e.